The molecular weight excluding hydrogens is 338 g/mol. The molecule has 1 aliphatic heterocycles. The molecule has 1 amide bonds. The van der Waals surface area contributed by atoms with E-state index in [0.717, 1.165) is 37.6 Å². The second-order valence-corrected chi connectivity index (χ2v) is 7.26. The summed E-state index contributed by atoms with van der Waals surface area (Å²) in [6.45, 7) is 6.84. The Hall–Kier alpha value is -2.60. The van der Waals surface area contributed by atoms with Crippen LogP contribution in [0.15, 0.2) is 42.6 Å². The molecule has 1 aliphatic rings. The maximum atomic E-state index is 12.0. The maximum Gasteiger partial charge on any atom is 0.234 e. The lowest BCUT2D eigenvalue weighted by molar-refractivity contribution is -0.121. The van der Waals surface area contributed by atoms with Crippen molar-refractivity contribution in [1.82, 2.24) is 15.2 Å². The number of carbonyl (C=O) groups excluding carboxylic acids is 1. The smallest absolute Gasteiger partial charge is 0.234 e. The summed E-state index contributed by atoms with van der Waals surface area (Å²) < 4.78 is 0. The van der Waals surface area contributed by atoms with Gasteiger partial charge in [0.2, 0.25) is 5.91 Å². The van der Waals surface area contributed by atoms with Crippen LogP contribution in [0.1, 0.15) is 11.1 Å². The van der Waals surface area contributed by atoms with Gasteiger partial charge in [0.25, 0.3) is 0 Å². The molecule has 6 nitrogen and oxygen atoms in total. The number of para-hydroxylation sites is 1. The average molecular weight is 367 g/mol. The second kappa shape index (κ2) is 8.86. The lowest BCUT2D eigenvalue weighted by atomic mass is 10.1. The molecule has 2 heterocycles. The number of nitrogens with one attached hydrogen (secondary N) is 1. The summed E-state index contributed by atoms with van der Waals surface area (Å²) in [4.78, 5) is 23.2. The van der Waals surface area contributed by atoms with Gasteiger partial charge >= 0.3 is 0 Å². The highest BCUT2D eigenvalue weighted by Crippen LogP contribution is 2.24. The zero-order chi connectivity index (χ0) is 19.2. The summed E-state index contributed by atoms with van der Waals surface area (Å²) in [7, 11) is 3.78. The number of nitrogens with zero attached hydrogens (tertiary/aromatic N) is 4. The number of anilines is 2. The van der Waals surface area contributed by atoms with E-state index in [2.05, 4.69) is 51.3 Å². The van der Waals surface area contributed by atoms with Gasteiger partial charge in [0, 0.05) is 50.2 Å². The number of hydrogen-bond acceptors (Lipinski definition) is 5. The number of aromatic nitrogens is 1. The molecule has 1 fully saturated rings. The summed E-state index contributed by atoms with van der Waals surface area (Å²) in [5.74, 6) is 1.01. The van der Waals surface area contributed by atoms with Crippen LogP contribution in [0, 0.1) is 6.92 Å². The lowest BCUT2D eigenvalue weighted by Crippen LogP contribution is -2.47. The van der Waals surface area contributed by atoms with Gasteiger partial charge in [-0.15, -0.1) is 0 Å². The number of carbonyl (C=O) groups is 1. The third-order valence-corrected chi connectivity index (χ3v) is 4.84. The van der Waals surface area contributed by atoms with Crippen molar-refractivity contribution in [3.8, 4) is 0 Å². The molecule has 0 radical (unpaired) electrons. The van der Waals surface area contributed by atoms with Gasteiger partial charge in [-0.3, -0.25) is 4.79 Å². The van der Waals surface area contributed by atoms with E-state index in [-0.39, 0.29) is 5.91 Å². The summed E-state index contributed by atoms with van der Waals surface area (Å²) in [6, 6.07) is 12.5. The molecule has 2 aromatic rings. The molecule has 6 heteroatoms. The number of likely N-dealkylation sites (N-methyl/N-ethyl adjacent to an activating group) is 1. The van der Waals surface area contributed by atoms with E-state index in [1.165, 1.54) is 11.3 Å². The Labute approximate surface area is 161 Å². The minimum Gasteiger partial charge on any atom is -0.368 e. The van der Waals surface area contributed by atoms with Gasteiger partial charge in [-0.1, -0.05) is 24.3 Å². The molecule has 3 rings (SSSR count). The first-order valence-electron chi connectivity index (χ1n) is 9.45. The van der Waals surface area contributed by atoms with Crippen molar-refractivity contribution in [2.75, 3.05) is 56.6 Å². The number of hydrogen-bond donors (Lipinski definition) is 1. The Bertz CT molecular complexity index is 769. The van der Waals surface area contributed by atoms with Crippen LogP contribution in [0.5, 0.6) is 0 Å². The highest BCUT2D eigenvalue weighted by molar-refractivity contribution is 5.78. The van der Waals surface area contributed by atoms with Crippen LogP contribution in [-0.2, 0) is 11.3 Å². The van der Waals surface area contributed by atoms with E-state index < -0.39 is 0 Å². The molecule has 1 aromatic heterocycles. The quantitative estimate of drug-likeness (QED) is 0.845. The van der Waals surface area contributed by atoms with Crippen LogP contribution in [0.2, 0.25) is 0 Å². The van der Waals surface area contributed by atoms with Crippen molar-refractivity contribution < 1.29 is 4.79 Å². The van der Waals surface area contributed by atoms with Crippen LogP contribution < -0.4 is 15.1 Å². The van der Waals surface area contributed by atoms with Crippen LogP contribution in [0.3, 0.4) is 0 Å². The minimum absolute atomic E-state index is 0.0270. The molecule has 27 heavy (non-hydrogen) atoms. The molecule has 1 N–H and O–H groups in total. The van der Waals surface area contributed by atoms with Gasteiger partial charge in [-0.05, 0) is 38.7 Å². The number of benzene rings is 1. The first-order chi connectivity index (χ1) is 13.0. The summed E-state index contributed by atoms with van der Waals surface area (Å²) >= 11 is 0. The van der Waals surface area contributed by atoms with Crippen molar-refractivity contribution in [2.45, 2.75) is 13.5 Å². The van der Waals surface area contributed by atoms with E-state index in [0.29, 0.717) is 13.1 Å². The lowest BCUT2D eigenvalue weighted by Gasteiger charge is -2.38. The largest absolute Gasteiger partial charge is 0.368 e. The predicted molar refractivity (Wildman–Crippen MR) is 110 cm³/mol. The molecule has 0 spiro atoms. The highest BCUT2D eigenvalue weighted by atomic mass is 16.2. The van der Waals surface area contributed by atoms with Crippen molar-refractivity contribution in [1.29, 1.82) is 0 Å². The third-order valence-electron chi connectivity index (χ3n) is 4.84. The van der Waals surface area contributed by atoms with Crippen LogP contribution in [0.4, 0.5) is 11.5 Å². The van der Waals surface area contributed by atoms with Crippen molar-refractivity contribution in [3.05, 3.63) is 53.7 Å². The van der Waals surface area contributed by atoms with Gasteiger partial charge in [0.15, 0.2) is 0 Å². The molecule has 144 valence electrons. The molecule has 1 aromatic carbocycles. The Morgan fingerprint density at radius 3 is 2.48 bits per heavy atom. The Morgan fingerprint density at radius 1 is 1.07 bits per heavy atom. The van der Waals surface area contributed by atoms with Gasteiger partial charge in [0.1, 0.15) is 5.82 Å². The second-order valence-electron chi connectivity index (χ2n) is 7.26. The summed E-state index contributed by atoms with van der Waals surface area (Å²) in [5, 5.41) is 2.99. The van der Waals surface area contributed by atoms with E-state index in [1.54, 1.807) is 0 Å². The number of amides is 1. The van der Waals surface area contributed by atoms with E-state index in [1.807, 2.05) is 37.3 Å². The normalized spacial score (nSPS) is 14.5. The Morgan fingerprint density at radius 2 is 1.78 bits per heavy atom. The van der Waals surface area contributed by atoms with Crippen molar-refractivity contribution in [2.24, 2.45) is 0 Å². The fourth-order valence-corrected chi connectivity index (χ4v) is 3.47. The number of pyridine rings is 1. The van der Waals surface area contributed by atoms with Crippen LogP contribution in [0.25, 0.3) is 0 Å². The molecule has 0 saturated carbocycles. The monoisotopic (exact) mass is 367 g/mol. The van der Waals surface area contributed by atoms with Gasteiger partial charge < -0.3 is 20.0 Å². The van der Waals surface area contributed by atoms with Gasteiger partial charge in [-0.25, -0.2) is 4.98 Å². The average Bonchev–Trinajstić information content (AvgIpc) is 2.67. The molecule has 0 unspecified atom stereocenters. The topological polar surface area (TPSA) is 51.7 Å². The number of aryl methyl sites for hydroxylation is 1. The maximum absolute atomic E-state index is 12.0. The Balaban J connectivity index is 1.63. The predicted octanol–water partition coefficient (Wildman–Crippen LogP) is 1.89. The molecule has 1 saturated heterocycles. The SMILES string of the molecule is Cc1ccccc1N1CCN(c2ncccc2CNC(=O)CN(C)C)CC1. The standard InChI is InChI=1S/C21H29N5O/c1-17-7-4-5-9-19(17)25-11-13-26(14-12-25)21-18(8-6-10-22-21)15-23-20(27)16-24(2)3/h4-10H,11-16H2,1-3H3,(H,23,27). The summed E-state index contributed by atoms with van der Waals surface area (Å²) in [5.41, 5.74) is 3.69. The Kier molecular flexibility index (Phi) is 6.29. The van der Waals surface area contributed by atoms with E-state index >= 15 is 0 Å². The fourth-order valence-electron chi connectivity index (χ4n) is 3.47. The fraction of sp³-hybridized carbons (Fsp3) is 0.429. The first-order valence-corrected chi connectivity index (χ1v) is 9.45. The minimum atomic E-state index is 0.0270. The van der Waals surface area contributed by atoms with Gasteiger partial charge in [0.05, 0.1) is 6.54 Å². The van der Waals surface area contributed by atoms with E-state index in [9.17, 15) is 4.79 Å². The number of piperazine rings is 1. The number of rotatable bonds is 6. The molecule has 0 aliphatic carbocycles. The molecule has 0 atom stereocenters. The van der Waals surface area contributed by atoms with Crippen molar-refractivity contribution in [3.63, 3.8) is 0 Å². The highest BCUT2D eigenvalue weighted by Gasteiger charge is 2.21. The molecule has 0 bridgehead atoms. The van der Waals surface area contributed by atoms with E-state index in [4.69, 9.17) is 0 Å². The van der Waals surface area contributed by atoms with Crippen molar-refractivity contribution >= 4 is 17.4 Å². The van der Waals surface area contributed by atoms with Gasteiger partial charge in [-0.2, -0.15) is 0 Å². The zero-order valence-corrected chi connectivity index (χ0v) is 16.5. The zero-order valence-electron chi connectivity index (χ0n) is 16.5. The first kappa shape index (κ1) is 19.2. The third kappa shape index (κ3) is 4.98. The van der Waals surface area contributed by atoms with Crippen LogP contribution >= 0.6 is 0 Å². The van der Waals surface area contributed by atoms with Crippen LogP contribution in [-0.4, -0.2) is 62.6 Å². The summed E-state index contributed by atoms with van der Waals surface area (Å²) in [6.07, 6.45) is 1.83. The molecular formula is C21H29N5O.